The first kappa shape index (κ1) is 19.0. The van der Waals surface area contributed by atoms with Crippen molar-refractivity contribution < 1.29 is 18.7 Å². The molecule has 0 aliphatic heterocycles. The van der Waals surface area contributed by atoms with Crippen LogP contribution < -0.4 is 4.74 Å². The first-order chi connectivity index (χ1) is 13.0. The lowest BCUT2D eigenvalue weighted by molar-refractivity contribution is 0.0276. The average Bonchev–Trinajstić information content (AvgIpc) is 3.18. The van der Waals surface area contributed by atoms with Crippen molar-refractivity contribution in [3.05, 3.63) is 59.5 Å². The highest BCUT2D eigenvalue weighted by Crippen LogP contribution is 2.28. The number of esters is 1. The molecule has 0 aliphatic carbocycles. The maximum Gasteiger partial charge on any atom is 0.342 e. The number of hydrogen-bond acceptors (Lipinski definition) is 7. The predicted molar refractivity (Wildman–Crippen MR) is 103 cm³/mol. The zero-order chi connectivity index (χ0) is 19.4. The Bertz CT molecular complexity index is 937. The van der Waals surface area contributed by atoms with E-state index in [0.717, 1.165) is 16.0 Å². The van der Waals surface area contributed by atoms with E-state index in [0.29, 0.717) is 17.2 Å². The number of methoxy groups -OCH3 is 1. The van der Waals surface area contributed by atoms with Crippen LogP contribution in [0, 0.1) is 6.92 Å². The van der Waals surface area contributed by atoms with Gasteiger partial charge in [-0.3, -0.25) is 0 Å². The van der Waals surface area contributed by atoms with Crippen LogP contribution in [0.4, 0.5) is 0 Å². The number of rotatable bonds is 6. The van der Waals surface area contributed by atoms with Crippen molar-refractivity contribution in [2.45, 2.75) is 24.8 Å². The Kier molecular flexibility index (Phi) is 5.81. The number of aryl methyl sites for hydroxylation is 1. The Labute approximate surface area is 161 Å². The second-order valence-electron chi connectivity index (χ2n) is 5.93. The highest BCUT2D eigenvalue weighted by atomic mass is 32.2. The Morgan fingerprint density at radius 2 is 1.89 bits per heavy atom. The molecule has 0 fully saturated rings. The third-order valence-corrected chi connectivity index (χ3v) is 4.72. The number of carbonyl (C=O) groups is 1. The zero-order valence-corrected chi connectivity index (χ0v) is 16.4. The SMILES string of the molecule is COc1cc(SC)ccc1C(=O)O[C@@H](C)c1nnc(-c2ccc(C)cc2)o1. The standard InChI is InChI=1S/C20H20N2O4S/c1-12-5-7-14(8-6-12)19-22-21-18(26-19)13(2)25-20(23)16-10-9-15(27-4)11-17(16)24-3/h5-11,13H,1-4H3/t13-/m0/s1. The first-order valence-corrected chi connectivity index (χ1v) is 9.57. The Morgan fingerprint density at radius 3 is 2.56 bits per heavy atom. The number of ether oxygens (including phenoxy) is 2. The van der Waals surface area contributed by atoms with Gasteiger partial charge in [0.15, 0.2) is 6.10 Å². The lowest BCUT2D eigenvalue weighted by Gasteiger charge is -2.12. The summed E-state index contributed by atoms with van der Waals surface area (Å²) in [5.41, 5.74) is 2.30. The minimum Gasteiger partial charge on any atom is -0.496 e. The van der Waals surface area contributed by atoms with E-state index in [9.17, 15) is 4.79 Å². The molecule has 140 valence electrons. The van der Waals surface area contributed by atoms with Crippen LogP contribution >= 0.6 is 11.8 Å². The molecule has 0 saturated heterocycles. The van der Waals surface area contributed by atoms with Gasteiger partial charge in [0.25, 0.3) is 5.89 Å². The third-order valence-electron chi connectivity index (χ3n) is 4.00. The van der Waals surface area contributed by atoms with Gasteiger partial charge in [0.05, 0.1) is 7.11 Å². The Balaban J connectivity index is 1.75. The molecule has 0 bridgehead atoms. The maximum atomic E-state index is 12.5. The van der Waals surface area contributed by atoms with Crippen molar-refractivity contribution in [1.82, 2.24) is 10.2 Å². The van der Waals surface area contributed by atoms with Crippen LogP contribution in [0.1, 0.15) is 34.8 Å². The molecular weight excluding hydrogens is 364 g/mol. The molecule has 27 heavy (non-hydrogen) atoms. The highest BCUT2D eigenvalue weighted by molar-refractivity contribution is 7.98. The van der Waals surface area contributed by atoms with Gasteiger partial charge in [0.1, 0.15) is 11.3 Å². The number of hydrogen-bond donors (Lipinski definition) is 0. The molecule has 3 aromatic rings. The molecule has 1 aromatic heterocycles. The van der Waals surface area contributed by atoms with Gasteiger partial charge in [-0.1, -0.05) is 17.7 Å². The second-order valence-corrected chi connectivity index (χ2v) is 6.80. The molecule has 0 saturated carbocycles. The Hall–Kier alpha value is -2.80. The van der Waals surface area contributed by atoms with Crippen molar-refractivity contribution in [1.29, 1.82) is 0 Å². The second kappa shape index (κ2) is 8.26. The lowest BCUT2D eigenvalue weighted by atomic mass is 10.1. The Morgan fingerprint density at radius 1 is 1.15 bits per heavy atom. The molecule has 0 radical (unpaired) electrons. The van der Waals surface area contributed by atoms with Gasteiger partial charge in [-0.25, -0.2) is 4.79 Å². The van der Waals surface area contributed by atoms with Gasteiger partial charge in [0.2, 0.25) is 5.89 Å². The molecule has 0 aliphatic rings. The highest BCUT2D eigenvalue weighted by Gasteiger charge is 2.22. The minimum atomic E-state index is -0.686. The smallest absolute Gasteiger partial charge is 0.342 e. The van der Waals surface area contributed by atoms with Gasteiger partial charge in [-0.2, -0.15) is 0 Å². The van der Waals surface area contributed by atoms with E-state index in [1.54, 1.807) is 30.8 Å². The quantitative estimate of drug-likeness (QED) is 0.451. The van der Waals surface area contributed by atoms with Gasteiger partial charge in [-0.05, 0) is 50.4 Å². The molecule has 0 spiro atoms. The van der Waals surface area contributed by atoms with Crippen molar-refractivity contribution in [3.63, 3.8) is 0 Å². The van der Waals surface area contributed by atoms with E-state index in [4.69, 9.17) is 13.9 Å². The molecule has 2 aromatic carbocycles. The van der Waals surface area contributed by atoms with Gasteiger partial charge < -0.3 is 13.9 Å². The molecular formula is C20H20N2O4S. The molecule has 3 rings (SSSR count). The molecule has 7 heteroatoms. The van der Waals surface area contributed by atoms with Crippen molar-refractivity contribution in [2.24, 2.45) is 0 Å². The van der Waals surface area contributed by atoms with E-state index >= 15 is 0 Å². The van der Waals surface area contributed by atoms with Crippen LogP contribution in [-0.2, 0) is 4.74 Å². The number of carbonyl (C=O) groups excluding carboxylic acids is 1. The third kappa shape index (κ3) is 4.31. The number of aromatic nitrogens is 2. The van der Waals surface area contributed by atoms with Crippen LogP contribution in [0.5, 0.6) is 5.75 Å². The summed E-state index contributed by atoms with van der Waals surface area (Å²) in [5.74, 6) is 0.570. The van der Waals surface area contributed by atoms with E-state index in [1.165, 1.54) is 7.11 Å². The largest absolute Gasteiger partial charge is 0.496 e. The van der Waals surface area contributed by atoms with Crippen LogP contribution in [0.25, 0.3) is 11.5 Å². The first-order valence-electron chi connectivity index (χ1n) is 8.35. The normalized spacial score (nSPS) is 11.9. The van der Waals surface area contributed by atoms with E-state index in [1.807, 2.05) is 43.5 Å². The van der Waals surface area contributed by atoms with Crippen molar-refractivity contribution >= 4 is 17.7 Å². The molecule has 0 unspecified atom stereocenters. The predicted octanol–water partition coefficient (Wildman–Crippen LogP) is 4.69. The topological polar surface area (TPSA) is 74.5 Å². The van der Waals surface area contributed by atoms with Gasteiger partial charge >= 0.3 is 5.97 Å². The molecule has 1 heterocycles. The van der Waals surface area contributed by atoms with Crippen molar-refractivity contribution in [3.8, 4) is 17.2 Å². The summed E-state index contributed by atoms with van der Waals surface area (Å²) in [5, 5.41) is 8.04. The molecule has 0 N–H and O–H groups in total. The van der Waals surface area contributed by atoms with Crippen LogP contribution in [-0.4, -0.2) is 29.5 Å². The zero-order valence-electron chi connectivity index (χ0n) is 15.6. The van der Waals surface area contributed by atoms with E-state index < -0.39 is 12.1 Å². The summed E-state index contributed by atoms with van der Waals surface area (Å²) in [6, 6.07) is 13.1. The minimum absolute atomic E-state index is 0.235. The molecule has 0 amide bonds. The van der Waals surface area contributed by atoms with Crippen LogP contribution in [0.15, 0.2) is 51.8 Å². The fourth-order valence-electron chi connectivity index (χ4n) is 2.45. The molecule has 1 atom stereocenters. The van der Waals surface area contributed by atoms with Gasteiger partial charge in [-0.15, -0.1) is 22.0 Å². The fraction of sp³-hybridized carbons (Fsp3) is 0.250. The summed E-state index contributed by atoms with van der Waals surface area (Å²) in [6.07, 6.45) is 1.27. The van der Waals surface area contributed by atoms with Gasteiger partial charge in [0, 0.05) is 10.5 Å². The van der Waals surface area contributed by atoms with Crippen molar-refractivity contribution in [2.75, 3.05) is 13.4 Å². The van der Waals surface area contributed by atoms with Crippen LogP contribution in [0.2, 0.25) is 0 Å². The number of thioether (sulfide) groups is 1. The summed E-state index contributed by atoms with van der Waals surface area (Å²) >= 11 is 1.57. The number of nitrogens with zero attached hydrogens (tertiary/aromatic N) is 2. The molecule has 6 nitrogen and oxygen atoms in total. The lowest BCUT2D eigenvalue weighted by Crippen LogP contribution is -2.11. The summed E-state index contributed by atoms with van der Waals surface area (Å²) in [7, 11) is 1.52. The summed E-state index contributed by atoms with van der Waals surface area (Å²) in [4.78, 5) is 13.5. The average molecular weight is 384 g/mol. The van der Waals surface area contributed by atoms with E-state index in [-0.39, 0.29) is 5.89 Å². The number of benzene rings is 2. The monoisotopic (exact) mass is 384 g/mol. The summed E-state index contributed by atoms with van der Waals surface area (Å²) < 4.78 is 16.5. The maximum absolute atomic E-state index is 12.5. The van der Waals surface area contributed by atoms with E-state index in [2.05, 4.69) is 10.2 Å². The fourth-order valence-corrected chi connectivity index (χ4v) is 2.88. The summed E-state index contributed by atoms with van der Waals surface area (Å²) in [6.45, 7) is 3.69. The van der Waals surface area contributed by atoms with Crippen LogP contribution in [0.3, 0.4) is 0 Å².